The fourth-order valence-electron chi connectivity index (χ4n) is 4.24. The molecule has 0 aliphatic carbocycles. The van der Waals surface area contributed by atoms with Crippen LogP contribution < -0.4 is 14.9 Å². The second kappa shape index (κ2) is 11.6. The number of pyridine rings is 1. The number of amides is 4. The molecule has 3 aromatic rings. The minimum absolute atomic E-state index is 0.0422. The average Bonchev–Trinajstić information content (AvgIpc) is 3.44. The third-order valence-corrected chi connectivity index (χ3v) is 7.63. The van der Waals surface area contributed by atoms with Gasteiger partial charge in [-0.25, -0.2) is 9.80 Å². The fourth-order valence-corrected chi connectivity index (χ4v) is 5.61. The topological polar surface area (TPSA) is 144 Å². The first kappa shape index (κ1) is 26.9. The van der Waals surface area contributed by atoms with Gasteiger partial charge in [0.05, 0.1) is 18.8 Å². The molecule has 2 aliphatic rings. The molecule has 40 heavy (non-hydrogen) atoms. The number of aromatic nitrogens is 1. The first-order chi connectivity index (χ1) is 19.3. The lowest BCUT2D eigenvalue weighted by atomic mass is 10.2. The van der Waals surface area contributed by atoms with Crippen LogP contribution in [0.2, 0.25) is 0 Å². The third-order valence-electron chi connectivity index (χ3n) is 6.19. The van der Waals surface area contributed by atoms with Crippen LogP contribution in [0.4, 0.5) is 0 Å². The van der Waals surface area contributed by atoms with Crippen molar-refractivity contribution in [1.29, 1.82) is 0 Å². The van der Waals surface area contributed by atoms with Gasteiger partial charge in [-0.1, -0.05) is 30.3 Å². The molecule has 2 aliphatic heterocycles. The lowest BCUT2D eigenvalue weighted by Gasteiger charge is -2.24. The molecule has 0 radical (unpaired) electrons. The van der Waals surface area contributed by atoms with E-state index in [1.807, 2.05) is 12.1 Å². The summed E-state index contributed by atoms with van der Waals surface area (Å²) in [7, 11) is 1.53. The largest absolute Gasteiger partial charge is 0.497 e. The van der Waals surface area contributed by atoms with Crippen molar-refractivity contribution in [2.75, 3.05) is 13.7 Å². The van der Waals surface area contributed by atoms with Gasteiger partial charge in [-0.15, -0.1) is 16.8 Å². The highest BCUT2D eigenvalue weighted by molar-refractivity contribution is 8.01. The van der Waals surface area contributed by atoms with E-state index < -0.39 is 53.2 Å². The Hall–Kier alpha value is -4.65. The number of nitrogens with one attached hydrogen (secondary N) is 1. The van der Waals surface area contributed by atoms with E-state index in [1.54, 1.807) is 48.7 Å². The molecule has 3 heterocycles. The second-order valence-electron chi connectivity index (χ2n) is 8.86. The number of ether oxygens (including phenoxy) is 2. The minimum Gasteiger partial charge on any atom is -0.497 e. The zero-order chi connectivity index (χ0) is 28.2. The molecule has 12 nitrogen and oxygen atoms in total. The van der Waals surface area contributed by atoms with Crippen molar-refractivity contribution in [1.82, 2.24) is 20.5 Å². The van der Waals surface area contributed by atoms with Crippen LogP contribution in [-0.2, 0) is 28.8 Å². The monoisotopic (exact) mass is 564 g/mol. The van der Waals surface area contributed by atoms with Crippen molar-refractivity contribution in [2.45, 2.75) is 29.9 Å². The summed E-state index contributed by atoms with van der Waals surface area (Å²) < 4.78 is 10.9. The van der Waals surface area contributed by atoms with Gasteiger partial charge >= 0.3 is 5.97 Å². The number of imide groups is 1. The molecular formula is C27H24N4O8S. The molecule has 1 N–H and O–H groups in total. The van der Waals surface area contributed by atoms with Gasteiger partial charge in [-0.2, -0.15) is 0 Å². The first-order valence-corrected chi connectivity index (χ1v) is 13.2. The zero-order valence-corrected chi connectivity index (χ0v) is 22.1. The number of nitrogens with zero attached hydrogens (tertiary/aromatic N) is 3. The van der Waals surface area contributed by atoms with Gasteiger partial charge in [0.25, 0.3) is 23.6 Å². The van der Waals surface area contributed by atoms with E-state index in [0.717, 1.165) is 22.2 Å². The predicted octanol–water partition coefficient (Wildman–Crippen LogP) is 2.29. The van der Waals surface area contributed by atoms with Crippen molar-refractivity contribution < 1.29 is 38.3 Å². The van der Waals surface area contributed by atoms with Gasteiger partial charge in [-0.05, 0) is 29.8 Å². The summed E-state index contributed by atoms with van der Waals surface area (Å²) in [6, 6.07) is 15.9. The SMILES string of the molecule is COc1ccc(C2SC(CC(=O)ON3C(=O)CCC3=O)C(=O)N2NC(=O)COc2cccc3cccnc23)cc1. The minimum atomic E-state index is -0.948. The molecule has 0 saturated carbocycles. The quantitative estimate of drug-likeness (QED) is 0.384. The van der Waals surface area contributed by atoms with Gasteiger partial charge in [0.15, 0.2) is 6.61 Å². The zero-order valence-electron chi connectivity index (χ0n) is 21.3. The number of rotatable bonds is 9. The average molecular weight is 565 g/mol. The number of hydrazine groups is 1. The first-order valence-electron chi connectivity index (χ1n) is 12.3. The van der Waals surface area contributed by atoms with E-state index in [-0.39, 0.29) is 12.8 Å². The lowest BCUT2D eigenvalue weighted by molar-refractivity contribution is -0.197. The molecule has 206 valence electrons. The molecule has 2 saturated heterocycles. The number of hydroxylamine groups is 2. The maximum Gasteiger partial charge on any atom is 0.334 e. The summed E-state index contributed by atoms with van der Waals surface area (Å²) in [6.07, 6.45) is 1.12. The van der Waals surface area contributed by atoms with Crippen LogP contribution in [0.1, 0.15) is 30.2 Å². The number of carbonyl (C=O) groups excluding carboxylic acids is 5. The number of hydrogen-bond donors (Lipinski definition) is 1. The highest BCUT2D eigenvalue weighted by Gasteiger charge is 2.44. The molecule has 13 heteroatoms. The summed E-state index contributed by atoms with van der Waals surface area (Å²) in [5.41, 5.74) is 3.85. The maximum absolute atomic E-state index is 13.4. The number of hydrogen-bond acceptors (Lipinski definition) is 10. The summed E-state index contributed by atoms with van der Waals surface area (Å²) >= 11 is 1.12. The van der Waals surface area contributed by atoms with Crippen LogP contribution in [0.15, 0.2) is 60.8 Å². The summed E-state index contributed by atoms with van der Waals surface area (Å²) in [6.45, 7) is -0.397. The molecule has 4 amide bonds. The van der Waals surface area contributed by atoms with Crippen molar-refractivity contribution in [3.05, 3.63) is 66.4 Å². The lowest BCUT2D eigenvalue weighted by Crippen LogP contribution is -2.47. The Morgan fingerprint density at radius 3 is 2.48 bits per heavy atom. The third kappa shape index (κ3) is 5.69. The van der Waals surface area contributed by atoms with Gasteiger partial charge in [-0.3, -0.25) is 29.6 Å². The fraction of sp³-hybridized carbons (Fsp3) is 0.259. The van der Waals surface area contributed by atoms with Gasteiger partial charge in [0.1, 0.15) is 22.4 Å². The molecule has 2 fully saturated rings. The van der Waals surface area contributed by atoms with Crippen LogP contribution in [0.3, 0.4) is 0 Å². The number of thioether (sulfide) groups is 1. The number of para-hydroxylation sites is 1. The van der Waals surface area contributed by atoms with E-state index in [4.69, 9.17) is 14.3 Å². The van der Waals surface area contributed by atoms with E-state index in [9.17, 15) is 24.0 Å². The molecule has 1 aromatic heterocycles. The smallest absolute Gasteiger partial charge is 0.334 e. The summed E-state index contributed by atoms with van der Waals surface area (Å²) in [4.78, 5) is 71.6. The Balaban J connectivity index is 1.29. The Bertz CT molecular complexity index is 1460. The number of fused-ring (bicyclic) bond motifs is 1. The Labute approximate surface area is 232 Å². The summed E-state index contributed by atoms with van der Waals surface area (Å²) in [5, 5.41) is 0.791. The van der Waals surface area contributed by atoms with Gasteiger partial charge in [0, 0.05) is 24.4 Å². The van der Waals surface area contributed by atoms with E-state index in [1.165, 1.54) is 7.11 Å². The summed E-state index contributed by atoms with van der Waals surface area (Å²) in [5.74, 6) is -2.29. The van der Waals surface area contributed by atoms with Crippen molar-refractivity contribution in [3.63, 3.8) is 0 Å². The van der Waals surface area contributed by atoms with Crippen LogP contribution >= 0.6 is 11.8 Å². The van der Waals surface area contributed by atoms with E-state index in [2.05, 4.69) is 10.4 Å². The standard InChI is InChI=1S/C27H24N4O8S/c1-37-18-9-7-17(8-10-18)27-30(26(36)20(40-27)14-24(35)39-31-22(33)11-12-23(31)34)29-21(32)15-38-19-6-2-4-16-5-3-13-28-25(16)19/h2-10,13,20,27H,11-12,14-15H2,1H3,(H,29,32). The molecule has 5 rings (SSSR count). The van der Waals surface area contributed by atoms with Crippen LogP contribution in [0.25, 0.3) is 10.9 Å². The maximum atomic E-state index is 13.4. The number of benzene rings is 2. The van der Waals surface area contributed by atoms with E-state index >= 15 is 0 Å². The highest BCUT2D eigenvalue weighted by Crippen LogP contribution is 2.43. The Morgan fingerprint density at radius 2 is 1.75 bits per heavy atom. The predicted molar refractivity (Wildman–Crippen MR) is 141 cm³/mol. The molecular weight excluding hydrogens is 540 g/mol. The van der Waals surface area contributed by atoms with Crippen LogP contribution in [-0.4, -0.2) is 63.6 Å². The van der Waals surface area contributed by atoms with Crippen molar-refractivity contribution >= 4 is 52.3 Å². The number of methoxy groups -OCH3 is 1. The highest BCUT2D eigenvalue weighted by atomic mass is 32.2. The van der Waals surface area contributed by atoms with Crippen molar-refractivity contribution in [2.24, 2.45) is 0 Å². The van der Waals surface area contributed by atoms with Crippen LogP contribution in [0.5, 0.6) is 11.5 Å². The Kier molecular flexibility index (Phi) is 7.82. The Morgan fingerprint density at radius 1 is 1.02 bits per heavy atom. The van der Waals surface area contributed by atoms with Gasteiger partial charge < -0.3 is 14.3 Å². The molecule has 0 spiro atoms. The normalized spacial score (nSPS) is 18.8. The van der Waals surface area contributed by atoms with Crippen LogP contribution in [0, 0.1) is 0 Å². The molecule has 2 unspecified atom stereocenters. The second-order valence-corrected chi connectivity index (χ2v) is 10.2. The number of carbonyl (C=O) groups is 5. The molecule has 0 bridgehead atoms. The van der Waals surface area contributed by atoms with E-state index in [0.29, 0.717) is 27.6 Å². The van der Waals surface area contributed by atoms with Crippen molar-refractivity contribution in [3.8, 4) is 11.5 Å². The van der Waals surface area contributed by atoms with Gasteiger partial charge in [0.2, 0.25) is 0 Å². The molecule has 2 aromatic carbocycles. The molecule has 2 atom stereocenters.